The summed E-state index contributed by atoms with van der Waals surface area (Å²) in [6.45, 7) is 5.08. The molecule has 2 atom stereocenters. The average Bonchev–Trinajstić information content (AvgIpc) is 2.57. The number of carbonyl (C=O) groups excluding carboxylic acids is 1. The Morgan fingerprint density at radius 3 is 2.59 bits per heavy atom. The lowest BCUT2D eigenvalue weighted by Gasteiger charge is -2.31. The molecule has 98 valence electrons. The third kappa shape index (κ3) is 3.87. The molecule has 2 fully saturated rings. The van der Waals surface area contributed by atoms with E-state index in [2.05, 4.69) is 17.6 Å². The van der Waals surface area contributed by atoms with Gasteiger partial charge in [0.25, 0.3) is 0 Å². The number of carbonyl (C=O) groups is 1. The van der Waals surface area contributed by atoms with Gasteiger partial charge in [-0.05, 0) is 39.2 Å². The van der Waals surface area contributed by atoms with E-state index in [0.29, 0.717) is 12.1 Å². The van der Waals surface area contributed by atoms with E-state index in [9.17, 15) is 4.79 Å². The molecule has 0 aromatic heterocycles. The van der Waals surface area contributed by atoms with Crippen LogP contribution in [0.2, 0.25) is 0 Å². The second-order valence-corrected chi connectivity index (χ2v) is 5.43. The van der Waals surface area contributed by atoms with Gasteiger partial charge in [-0.2, -0.15) is 0 Å². The smallest absolute Gasteiger partial charge is 0.317 e. The molecule has 2 amide bonds. The van der Waals surface area contributed by atoms with Crippen LogP contribution in [0.4, 0.5) is 4.79 Å². The Labute approximate surface area is 104 Å². The normalized spacial score (nSPS) is 30.8. The molecule has 2 unspecified atom stereocenters. The van der Waals surface area contributed by atoms with Gasteiger partial charge in [0.1, 0.15) is 0 Å². The van der Waals surface area contributed by atoms with E-state index in [-0.39, 0.29) is 6.03 Å². The Kier molecular flexibility index (Phi) is 4.66. The highest BCUT2D eigenvalue weighted by atomic mass is 16.2. The first-order valence-corrected chi connectivity index (χ1v) is 7.04. The summed E-state index contributed by atoms with van der Waals surface area (Å²) in [5, 5.41) is 6.60. The number of piperidine rings is 1. The number of urea groups is 1. The van der Waals surface area contributed by atoms with Crippen LogP contribution in [0.3, 0.4) is 0 Å². The standard InChI is InChI=1S/C13H25N3O/c1-11-10-12(6-7-14-11)15-13(17)16-8-4-2-3-5-9-16/h11-12,14H,2-10H2,1H3,(H,15,17). The summed E-state index contributed by atoms with van der Waals surface area (Å²) in [4.78, 5) is 14.1. The van der Waals surface area contributed by atoms with Crippen LogP contribution in [0.25, 0.3) is 0 Å². The van der Waals surface area contributed by atoms with Gasteiger partial charge in [-0.1, -0.05) is 12.8 Å². The summed E-state index contributed by atoms with van der Waals surface area (Å²) in [6.07, 6.45) is 6.98. The van der Waals surface area contributed by atoms with Gasteiger partial charge in [0.05, 0.1) is 0 Å². The van der Waals surface area contributed by atoms with Gasteiger partial charge in [-0.15, -0.1) is 0 Å². The Bertz CT molecular complexity index is 249. The maximum atomic E-state index is 12.1. The quantitative estimate of drug-likeness (QED) is 0.731. The molecule has 0 saturated carbocycles. The number of amides is 2. The fourth-order valence-corrected chi connectivity index (χ4v) is 2.80. The highest BCUT2D eigenvalue weighted by Crippen LogP contribution is 2.12. The number of hydrogen-bond donors (Lipinski definition) is 2. The van der Waals surface area contributed by atoms with Gasteiger partial charge in [0.15, 0.2) is 0 Å². The summed E-state index contributed by atoms with van der Waals surface area (Å²) >= 11 is 0. The summed E-state index contributed by atoms with van der Waals surface area (Å²) in [5.41, 5.74) is 0. The van der Waals surface area contributed by atoms with Gasteiger partial charge >= 0.3 is 6.03 Å². The highest BCUT2D eigenvalue weighted by molar-refractivity contribution is 5.74. The number of hydrogen-bond acceptors (Lipinski definition) is 2. The number of nitrogens with zero attached hydrogens (tertiary/aromatic N) is 1. The molecular weight excluding hydrogens is 214 g/mol. The van der Waals surface area contributed by atoms with E-state index < -0.39 is 0 Å². The molecule has 2 N–H and O–H groups in total. The Morgan fingerprint density at radius 2 is 1.94 bits per heavy atom. The van der Waals surface area contributed by atoms with Crippen LogP contribution in [0.5, 0.6) is 0 Å². The molecular formula is C13H25N3O. The van der Waals surface area contributed by atoms with Crippen molar-refractivity contribution in [3.05, 3.63) is 0 Å². The molecule has 0 radical (unpaired) electrons. The van der Waals surface area contributed by atoms with Crippen LogP contribution in [-0.2, 0) is 0 Å². The van der Waals surface area contributed by atoms with E-state index >= 15 is 0 Å². The summed E-state index contributed by atoms with van der Waals surface area (Å²) in [7, 11) is 0. The lowest BCUT2D eigenvalue weighted by Crippen LogP contribution is -2.50. The van der Waals surface area contributed by atoms with Gasteiger partial charge in [-0.25, -0.2) is 4.79 Å². The fraction of sp³-hybridized carbons (Fsp3) is 0.923. The van der Waals surface area contributed by atoms with Crippen molar-refractivity contribution in [2.24, 2.45) is 0 Å². The zero-order valence-electron chi connectivity index (χ0n) is 10.9. The number of likely N-dealkylation sites (tertiary alicyclic amines) is 1. The van der Waals surface area contributed by atoms with Crippen molar-refractivity contribution in [1.29, 1.82) is 0 Å². The lowest BCUT2D eigenvalue weighted by atomic mass is 10.0. The first kappa shape index (κ1) is 12.7. The van der Waals surface area contributed by atoms with Crippen molar-refractivity contribution in [2.45, 2.75) is 57.5 Å². The van der Waals surface area contributed by atoms with Gasteiger partial charge in [0.2, 0.25) is 0 Å². The molecule has 4 heteroatoms. The third-order valence-corrected chi connectivity index (χ3v) is 3.84. The predicted molar refractivity (Wildman–Crippen MR) is 69.1 cm³/mol. The number of rotatable bonds is 1. The molecule has 2 heterocycles. The lowest BCUT2D eigenvalue weighted by molar-refractivity contribution is 0.190. The maximum absolute atomic E-state index is 12.1. The van der Waals surface area contributed by atoms with Crippen molar-refractivity contribution >= 4 is 6.03 Å². The molecule has 0 aliphatic carbocycles. The SMILES string of the molecule is CC1CC(NC(=O)N2CCCCCC2)CCN1. The van der Waals surface area contributed by atoms with Gasteiger partial charge in [-0.3, -0.25) is 0 Å². The van der Waals surface area contributed by atoms with Crippen LogP contribution in [-0.4, -0.2) is 42.6 Å². The van der Waals surface area contributed by atoms with E-state index in [1.165, 1.54) is 12.8 Å². The molecule has 0 bridgehead atoms. The Balaban J connectivity index is 1.78. The monoisotopic (exact) mass is 239 g/mol. The van der Waals surface area contributed by atoms with Crippen molar-refractivity contribution < 1.29 is 4.79 Å². The molecule has 2 rings (SSSR count). The van der Waals surface area contributed by atoms with E-state index in [1.54, 1.807) is 0 Å². The zero-order chi connectivity index (χ0) is 12.1. The summed E-state index contributed by atoms with van der Waals surface area (Å²) in [6, 6.07) is 1.05. The highest BCUT2D eigenvalue weighted by Gasteiger charge is 2.22. The first-order chi connectivity index (χ1) is 8.25. The van der Waals surface area contributed by atoms with Crippen molar-refractivity contribution in [2.75, 3.05) is 19.6 Å². The molecule has 2 saturated heterocycles. The summed E-state index contributed by atoms with van der Waals surface area (Å²) < 4.78 is 0. The minimum Gasteiger partial charge on any atom is -0.335 e. The molecule has 0 aromatic carbocycles. The van der Waals surface area contributed by atoms with Crippen LogP contribution < -0.4 is 10.6 Å². The van der Waals surface area contributed by atoms with Gasteiger partial charge < -0.3 is 15.5 Å². The molecule has 2 aliphatic heterocycles. The minimum atomic E-state index is 0.158. The van der Waals surface area contributed by atoms with E-state index in [4.69, 9.17) is 0 Å². The predicted octanol–water partition coefficient (Wildman–Crippen LogP) is 1.71. The third-order valence-electron chi connectivity index (χ3n) is 3.84. The van der Waals surface area contributed by atoms with Crippen molar-refractivity contribution in [3.8, 4) is 0 Å². The van der Waals surface area contributed by atoms with Crippen molar-refractivity contribution in [1.82, 2.24) is 15.5 Å². The van der Waals surface area contributed by atoms with Crippen LogP contribution in [0.15, 0.2) is 0 Å². The van der Waals surface area contributed by atoms with Crippen LogP contribution in [0.1, 0.15) is 45.4 Å². The van der Waals surface area contributed by atoms with Gasteiger partial charge in [0, 0.05) is 25.2 Å². The maximum Gasteiger partial charge on any atom is 0.317 e. The average molecular weight is 239 g/mol. The molecule has 0 aromatic rings. The second kappa shape index (κ2) is 6.24. The molecule has 0 spiro atoms. The summed E-state index contributed by atoms with van der Waals surface area (Å²) in [5.74, 6) is 0. The fourth-order valence-electron chi connectivity index (χ4n) is 2.80. The largest absolute Gasteiger partial charge is 0.335 e. The second-order valence-electron chi connectivity index (χ2n) is 5.43. The number of nitrogens with one attached hydrogen (secondary N) is 2. The molecule has 2 aliphatic rings. The topological polar surface area (TPSA) is 44.4 Å². The molecule has 4 nitrogen and oxygen atoms in total. The molecule has 17 heavy (non-hydrogen) atoms. The van der Waals surface area contributed by atoms with Crippen LogP contribution >= 0.6 is 0 Å². The Morgan fingerprint density at radius 1 is 1.24 bits per heavy atom. The first-order valence-electron chi connectivity index (χ1n) is 7.04. The Hall–Kier alpha value is -0.770. The minimum absolute atomic E-state index is 0.158. The van der Waals surface area contributed by atoms with Crippen molar-refractivity contribution in [3.63, 3.8) is 0 Å². The zero-order valence-corrected chi connectivity index (χ0v) is 10.9. The van der Waals surface area contributed by atoms with E-state index in [0.717, 1.165) is 45.3 Å². The van der Waals surface area contributed by atoms with Crippen LogP contribution in [0, 0.1) is 0 Å². The van der Waals surface area contributed by atoms with E-state index in [1.807, 2.05) is 4.90 Å².